The molecule has 0 saturated heterocycles. The van der Waals surface area contributed by atoms with Gasteiger partial charge in [0, 0.05) is 0 Å². The highest BCUT2D eigenvalue weighted by atomic mass is 28.4. The minimum atomic E-state index is -1.63. The van der Waals surface area contributed by atoms with Crippen LogP contribution in [0.5, 0.6) is 0 Å². The topological polar surface area (TPSA) is 45.4 Å². The molecular weight excluding hydrogens is 240 g/mol. The Morgan fingerprint density at radius 1 is 1.11 bits per heavy atom. The standard InChI is InChI=1S/C14H26N2OSi/c1-18(2,3)17-16-14-11-9-7-5-4-6-8-10-13(14)12-15/h13H,4-11H2,1-3H3. The molecule has 0 bridgehead atoms. The van der Waals surface area contributed by atoms with Crippen LogP contribution >= 0.6 is 0 Å². The number of nitrogens with zero attached hydrogens (tertiary/aromatic N) is 2. The van der Waals surface area contributed by atoms with Crippen LogP contribution in [0, 0.1) is 17.2 Å². The van der Waals surface area contributed by atoms with Crippen LogP contribution in [0.25, 0.3) is 0 Å². The largest absolute Gasteiger partial charge is 0.456 e. The van der Waals surface area contributed by atoms with Gasteiger partial charge in [-0.15, -0.1) is 5.16 Å². The van der Waals surface area contributed by atoms with Gasteiger partial charge in [0.05, 0.1) is 17.7 Å². The SMILES string of the molecule is C[Si](C)(C)ON=C1CCCCCCCCC1C#N. The van der Waals surface area contributed by atoms with E-state index < -0.39 is 8.32 Å². The molecule has 0 aromatic carbocycles. The molecule has 0 spiro atoms. The third kappa shape index (κ3) is 6.20. The van der Waals surface area contributed by atoms with E-state index in [1.165, 1.54) is 25.7 Å². The Morgan fingerprint density at radius 3 is 2.33 bits per heavy atom. The maximum Gasteiger partial charge on any atom is 0.278 e. The molecule has 1 atom stereocenters. The lowest BCUT2D eigenvalue weighted by Crippen LogP contribution is -2.24. The molecule has 1 fully saturated rings. The lowest BCUT2D eigenvalue weighted by atomic mass is 9.91. The van der Waals surface area contributed by atoms with E-state index in [1.54, 1.807) is 0 Å². The molecule has 3 nitrogen and oxygen atoms in total. The van der Waals surface area contributed by atoms with Crippen molar-refractivity contribution in [3.05, 3.63) is 0 Å². The average Bonchev–Trinajstić information content (AvgIpc) is 2.32. The van der Waals surface area contributed by atoms with Crippen LogP contribution in [-0.2, 0) is 4.53 Å². The quantitative estimate of drug-likeness (QED) is 0.547. The van der Waals surface area contributed by atoms with Crippen molar-refractivity contribution in [1.29, 1.82) is 5.26 Å². The first-order valence-corrected chi connectivity index (χ1v) is 10.6. The Balaban J connectivity index is 2.69. The lowest BCUT2D eigenvalue weighted by molar-refractivity contribution is 0.329. The number of nitriles is 1. The first-order valence-electron chi connectivity index (χ1n) is 7.17. The molecule has 0 aromatic rings. The third-order valence-corrected chi connectivity index (χ3v) is 3.81. The molecule has 0 aliphatic heterocycles. The fraction of sp³-hybridized carbons (Fsp3) is 0.857. The zero-order valence-corrected chi connectivity index (χ0v) is 13.0. The summed E-state index contributed by atoms with van der Waals surface area (Å²) in [6, 6.07) is 2.41. The second-order valence-corrected chi connectivity index (χ2v) is 10.5. The summed E-state index contributed by atoms with van der Waals surface area (Å²) in [5, 5.41) is 13.6. The van der Waals surface area contributed by atoms with E-state index in [4.69, 9.17) is 4.53 Å². The Labute approximate surface area is 112 Å². The van der Waals surface area contributed by atoms with Crippen molar-refractivity contribution in [2.24, 2.45) is 11.1 Å². The monoisotopic (exact) mass is 266 g/mol. The van der Waals surface area contributed by atoms with Crippen LogP contribution in [0.1, 0.15) is 51.4 Å². The summed E-state index contributed by atoms with van der Waals surface area (Å²) < 4.78 is 5.65. The Kier molecular flexibility index (Phi) is 6.41. The van der Waals surface area contributed by atoms with Crippen LogP contribution in [-0.4, -0.2) is 14.0 Å². The van der Waals surface area contributed by atoms with Gasteiger partial charge in [-0.05, 0) is 38.9 Å². The van der Waals surface area contributed by atoms with Crippen molar-refractivity contribution in [2.75, 3.05) is 0 Å². The maximum absolute atomic E-state index is 9.29. The van der Waals surface area contributed by atoms with Crippen LogP contribution in [0.3, 0.4) is 0 Å². The fourth-order valence-electron chi connectivity index (χ4n) is 2.15. The molecule has 0 heterocycles. The highest BCUT2D eigenvalue weighted by Crippen LogP contribution is 2.20. The van der Waals surface area contributed by atoms with Gasteiger partial charge in [0.1, 0.15) is 0 Å². The normalized spacial score (nSPS) is 25.4. The summed E-state index contributed by atoms with van der Waals surface area (Å²) in [6.45, 7) is 6.37. The highest BCUT2D eigenvalue weighted by Gasteiger charge is 2.20. The molecule has 1 unspecified atom stereocenters. The Morgan fingerprint density at radius 2 is 1.72 bits per heavy atom. The number of hydrogen-bond donors (Lipinski definition) is 0. The first kappa shape index (κ1) is 15.2. The summed E-state index contributed by atoms with van der Waals surface area (Å²) in [5.41, 5.74) is 0.988. The van der Waals surface area contributed by atoms with Crippen LogP contribution < -0.4 is 0 Å². The number of oxime groups is 1. The van der Waals surface area contributed by atoms with Crippen LogP contribution in [0.2, 0.25) is 19.6 Å². The second-order valence-electron chi connectivity index (χ2n) is 6.13. The van der Waals surface area contributed by atoms with Gasteiger partial charge in [0.2, 0.25) is 0 Å². The zero-order valence-electron chi connectivity index (χ0n) is 12.0. The van der Waals surface area contributed by atoms with Gasteiger partial charge < -0.3 is 4.53 Å². The van der Waals surface area contributed by atoms with Gasteiger partial charge in [0.25, 0.3) is 8.32 Å². The average molecular weight is 266 g/mol. The summed E-state index contributed by atoms with van der Waals surface area (Å²) in [4.78, 5) is 0. The molecule has 0 radical (unpaired) electrons. The lowest BCUT2D eigenvalue weighted by Gasteiger charge is -2.18. The summed E-state index contributed by atoms with van der Waals surface area (Å²) in [5.74, 6) is -0.0283. The van der Waals surface area contributed by atoms with E-state index in [0.29, 0.717) is 0 Å². The van der Waals surface area contributed by atoms with Gasteiger partial charge in [-0.2, -0.15) is 5.26 Å². The molecule has 1 aliphatic carbocycles. The van der Waals surface area contributed by atoms with Gasteiger partial charge in [-0.3, -0.25) is 0 Å². The maximum atomic E-state index is 9.29. The van der Waals surface area contributed by atoms with Crippen LogP contribution in [0.15, 0.2) is 5.16 Å². The van der Waals surface area contributed by atoms with E-state index >= 15 is 0 Å². The fourth-order valence-corrected chi connectivity index (χ4v) is 2.54. The molecule has 102 valence electrons. The summed E-state index contributed by atoms with van der Waals surface area (Å²) in [6.07, 6.45) is 9.31. The summed E-state index contributed by atoms with van der Waals surface area (Å²) >= 11 is 0. The smallest absolute Gasteiger partial charge is 0.278 e. The van der Waals surface area contributed by atoms with Crippen LogP contribution in [0.4, 0.5) is 0 Å². The van der Waals surface area contributed by atoms with Gasteiger partial charge in [0.15, 0.2) is 0 Å². The van der Waals surface area contributed by atoms with Crippen molar-refractivity contribution >= 4 is 14.0 Å². The van der Waals surface area contributed by atoms with Crippen molar-refractivity contribution in [3.8, 4) is 6.07 Å². The predicted octanol–water partition coefficient (Wildman–Crippen LogP) is 4.47. The molecule has 18 heavy (non-hydrogen) atoms. The van der Waals surface area contributed by atoms with E-state index in [9.17, 15) is 5.26 Å². The van der Waals surface area contributed by atoms with Gasteiger partial charge in [-0.25, -0.2) is 0 Å². The van der Waals surface area contributed by atoms with Gasteiger partial charge in [-0.1, -0.05) is 32.1 Å². The number of rotatable bonds is 2. The highest BCUT2D eigenvalue weighted by molar-refractivity contribution is 6.69. The minimum absolute atomic E-state index is 0.0283. The summed E-state index contributed by atoms with van der Waals surface area (Å²) in [7, 11) is -1.63. The van der Waals surface area contributed by atoms with Crippen molar-refractivity contribution in [2.45, 2.75) is 71.0 Å². The van der Waals surface area contributed by atoms with E-state index in [0.717, 1.165) is 31.4 Å². The van der Waals surface area contributed by atoms with Gasteiger partial charge >= 0.3 is 0 Å². The third-order valence-electron chi connectivity index (χ3n) is 3.17. The second kappa shape index (κ2) is 7.58. The molecule has 0 N–H and O–H groups in total. The molecule has 1 saturated carbocycles. The molecule has 1 rings (SSSR count). The van der Waals surface area contributed by atoms with Crippen molar-refractivity contribution in [1.82, 2.24) is 0 Å². The molecule has 1 aliphatic rings. The van der Waals surface area contributed by atoms with E-state index in [-0.39, 0.29) is 5.92 Å². The van der Waals surface area contributed by atoms with E-state index in [1.807, 2.05) is 0 Å². The molecule has 0 aromatic heterocycles. The van der Waals surface area contributed by atoms with Crippen molar-refractivity contribution < 1.29 is 4.53 Å². The predicted molar refractivity (Wildman–Crippen MR) is 77.9 cm³/mol. The Hall–Kier alpha value is -0.823. The molecule has 0 amide bonds. The molecule has 4 heteroatoms. The number of hydrogen-bond acceptors (Lipinski definition) is 3. The molecular formula is C14H26N2OSi. The minimum Gasteiger partial charge on any atom is -0.456 e. The van der Waals surface area contributed by atoms with Crippen molar-refractivity contribution in [3.63, 3.8) is 0 Å². The first-order chi connectivity index (χ1) is 8.53. The van der Waals surface area contributed by atoms with E-state index in [2.05, 4.69) is 30.9 Å². The Bertz CT molecular complexity index is 315. The zero-order chi connectivity index (χ0) is 13.4.